The second kappa shape index (κ2) is 5.03. The SMILES string of the molecule is CN(C)c1cccc(NC(=O)CC(F)(F)F)n1. The molecule has 17 heavy (non-hydrogen) atoms. The Balaban J connectivity index is 2.69. The summed E-state index contributed by atoms with van der Waals surface area (Å²) < 4.78 is 35.8. The number of alkyl halides is 3. The van der Waals surface area contributed by atoms with Crippen LogP contribution in [-0.4, -0.2) is 31.2 Å². The Morgan fingerprint density at radius 3 is 2.59 bits per heavy atom. The van der Waals surface area contributed by atoms with Crippen LogP contribution < -0.4 is 10.2 Å². The third-order valence-corrected chi connectivity index (χ3v) is 1.82. The summed E-state index contributed by atoms with van der Waals surface area (Å²) in [6.07, 6.45) is -6.02. The van der Waals surface area contributed by atoms with E-state index in [1.165, 1.54) is 6.07 Å². The summed E-state index contributed by atoms with van der Waals surface area (Å²) in [5, 5.41) is 2.10. The molecule has 0 atom stereocenters. The average molecular weight is 247 g/mol. The van der Waals surface area contributed by atoms with Crippen LogP contribution in [0.15, 0.2) is 18.2 Å². The van der Waals surface area contributed by atoms with Gasteiger partial charge >= 0.3 is 6.18 Å². The molecule has 1 N–H and O–H groups in total. The zero-order valence-electron chi connectivity index (χ0n) is 9.38. The molecule has 0 saturated heterocycles. The lowest BCUT2D eigenvalue weighted by Crippen LogP contribution is -2.22. The molecule has 94 valence electrons. The molecular formula is C10H12F3N3O. The number of rotatable bonds is 3. The van der Waals surface area contributed by atoms with E-state index in [0.29, 0.717) is 5.82 Å². The first-order chi connectivity index (χ1) is 7.78. The van der Waals surface area contributed by atoms with Crippen molar-refractivity contribution in [2.24, 2.45) is 0 Å². The second-order valence-electron chi connectivity index (χ2n) is 3.62. The molecule has 1 aromatic rings. The smallest absolute Gasteiger partial charge is 0.363 e. The van der Waals surface area contributed by atoms with Crippen molar-refractivity contribution < 1.29 is 18.0 Å². The van der Waals surface area contributed by atoms with Crippen LogP contribution in [0.3, 0.4) is 0 Å². The first kappa shape index (κ1) is 13.3. The highest BCUT2D eigenvalue weighted by molar-refractivity contribution is 5.90. The number of carbonyl (C=O) groups is 1. The van der Waals surface area contributed by atoms with Gasteiger partial charge in [-0.25, -0.2) is 4.98 Å². The first-order valence-corrected chi connectivity index (χ1v) is 4.79. The van der Waals surface area contributed by atoms with Crippen molar-refractivity contribution in [1.29, 1.82) is 0 Å². The highest BCUT2D eigenvalue weighted by Crippen LogP contribution is 2.20. The van der Waals surface area contributed by atoms with E-state index in [9.17, 15) is 18.0 Å². The van der Waals surface area contributed by atoms with E-state index in [1.54, 1.807) is 31.1 Å². The fourth-order valence-electron chi connectivity index (χ4n) is 1.11. The molecule has 0 aliphatic heterocycles. The lowest BCUT2D eigenvalue weighted by atomic mass is 10.3. The minimum absolute atomic E-state index is 0.102. The third-order valence-electron chi connectivity index (χ3n) is 1.82. The predicted octanol–water partition coefficient (Wildman–Crippen LogP) is 2.04. The Morgan fingerprint density at radius 2 is 2.06 bits per heavy atom. The van der Waals surface area contributed by atoms with Crippen molar-refractivity contribution in [2.45, 2.75) is 12.6 Å². The van der Waals surface area contributed by atoms with Crippen LogP contribution >= 0.6 is 0 Å². The monoisotopic (exact) mass is 247 g/mol. The number of hydrogen-bond donors (Lipinski definition) is 1. The van der Waals surface area contributed by atoms with Gasteiger partial charge in [0.1, 0.15) is 18.1 Å². The van der Waals surface area contributed by atoms with Crippen LogP contribution in [0.1, 0.15) is 6.42 Å². The van der Waals surface area contributed by atoms with E-state index in [1.807, 2.05) is 0 Å². The van der Waals surface area contributed by atoms with Crippen LogP contribution in [0.4, 0.5) is 24.8 Å². The maximum atomic E-state index is 11.9. The zero-order valence-corrected chi connectivity index (χ0v) is 9.38. The quantitative estimate of drug-likeness (QED) is 0.889. The normalized spacial score (nSPS) is 11.1. The molecule has 0 bridgehead atoms. The summed E-state index contributed by atoms with van der Waals surface area (Å²) in [4.78, 5) is 16.7. The Labute approximate surface area is 96.4 Å². The molecule has 0 radical (unpaired) electrons. The molecule has 1 heterocycles. The van der Waals surface area contributed by atoms with Crippen molar-refractivity contribution in [1.82, 2.24) is 4.98 Å². The van der Waals surface area contributed by atoms with Crippen LogP contribution in [0.5, 0.6) is 0 Å². The van der Waals surface area contributed by atoms with Crippen molar-refractivity contribution in [3.8, 4) is 0 Å². The molecule has 1 aromatic heterocycles. The predicted molar refractivity (Wildman–Crippen MR) is 57.9 cm³/mol. The Hall–Kier alpha value is -1.79. The van der Waals surface area contributed by atoms with Gasteiger partial charge < -0.3 is 10.2 Å². The van der Waals surface area contributed by atoms with Crippen molar-refractivity contribution >= 4 is 17.5 Å². The molecule has 0 aliphatic rings. The van der Waals surface area contributed by atoms with Crippen LogP contribution in [0, 0.1) is 0 Å². The van der Waals surface area contributed by atoms with E-state index in [4.69, 9.17) is 0 Å². The third kappa shape index (κ3) is 4.71. The summed E-state index contributed by atoms with van der Waals surface area (Å²) in [5.41, 5.74) is 0. The van der Waals surface area contributed by atoms with Gasteiger partial charge in [0.05, 0.1) is 0 Å². The van der Waals surface area contributed by atoms with E-state index in [2.05, 4.69) is 10.3 Å². The Morgan fingerprint density at radius 1 is 1.41 bits per heavy atom. The number of nitrogens with zero attached hydrogens (tertiary/aromatic N) is 2. The molecule has 7 heteroatoms. The van der Waals surface area contributed by atoms with Gasteiger partial charge in [0.25, 0.3) is 0 Å². The van der Waals surface area contributed by atoms with Crippen molar-refractivity contribution in [2.75, 3.05) is 24.3 Å². The number of anilines is 2. The fourth-order valence-corrected chi connectivity index (χ4v) is 1.11. The van der Waals surface area contributed by atoms with Crippen LogP contribution in [0.25, 0.3) is 0 Å². The molecule has 0 unspecified atom stereocenters. The minimum atomic E-state index is -4.51. The van der Waals surface area contributed by atoms with Crippen LogP contribution in [-0.2, 0) is 4.79 Å². The Bertz CT molecular complexity index is 404. The van der Waals surface area contributed by atoms with E-state index >= 15 is 0 Å². The fraction of sp³-hybridized carbons (Fsp3) is 0.400. The Kier molecular flexibility index (Phi) is 3.93. The van der Waals surface area contributed by atoms with E-state index < -0.39 is 18.5 Å². The molecule has 1 rings (SSSR count). The second-order valence-corrected chi connectivity index (χ2v) is 3.62. The van der Waals surface area contributed by atoms with Crippen molar-refractivity contribution in [3.05, 3.63) is 18.2 Å². The zero-order chi connectivity index (χ0) is 13.1. The number of hydrogen-bond acceptors (Lipinski definition) is 3. The maximum Gasteiger partial charge on any atom is 0.397 e. The number of aromatic nitrogens is 1. The summed E-state index contributed by atoms with van der Waals surface area (Å²) in [6.45, 7) is 0. The first-order valence-electron chi connectivity index (χ1n) is 4.79. The van der Waals surface area contributed by atoms with Gasteiger partial charge in [-0.3, -0.25) is 4.79 Å². The summed E-state index contributed by atoms with van der Waals surface area (Å²) in [6, 6.07) is 4.71. The number of pyridine rings is 1. The van der Waals surface area contributed by atoms with Gasteiger partial charge in [-0.05, 0) is 12.1 Å². The van der Waals surface area contributed by atoms with Gasteiger partial charge in [-0.2, -0.15) is 13.2 Å². The molecule has 0 fully saturated rings. The molecule has 0 saturated carbocycles. The lowest BCUT2D eigenvalue weighted by molar-refractivity contribution is -0.150. The lowest BCUT2D eigenvalue weighted by Gasteiger charge is -2.12. The van der Waals surface area contributed by atoms with E-state index in [-0.39, 0.29) is 5.82 Å². The average Bonchev–Trinajstić information content (AvgIpc) is 2.14. The summed E-state index contributed by atoms with van der Waals surface area (Å²) in [5.74, 6) is -0.471. The number of amides is 1. The largest absolute Gasteiger partial charge is 0.397 e. The summed E-state index contributed by atoms with van der Waals surface area (Å²) in [7, 11) is 3.48. The number of halogens is 3. The number of nitrogens with one attached hydrogen (secondary N) is 1. The molecule has 0 spiro atoms. The van der Waals surface area contributed by atoms with Gasteiger partial charge in [0, 0.05) is 14.1 Å². The number of carbonyl (C=O) groups excluding carboxylic acids is 1. The molecule has 0 aromatic carbocycles. The van der Waals surface area contributed by atoms with Gasteiger partial charge in [0.15, 0.2) is 0 Å². The van der Waals surface area contributed by atoms with Crippen LogP contribution in [0.2, 0.25) is 0 Å². The standard InChI is InChI=1S/C10H12F3N3O/c1-16(2)8-5-3-4-7(14-8)15-9(17)6-10(11,12)13/h3-5H,6H2,1-2H3,(H,14,15,17). The maximum absolute atomic E-state index is 11.9. The summed E-state index contributed by atoms with van der Waals surface area (Å²) >= 11 is 0. The molecule has 4 nitrogen and oxygen atoms in total. The molecule has 0 aliphatic carbocycles. The highest BCUT2D eigenvalue weighted by Gasteiger charge is 2.31. The minimum Gasteiger partial charge on any atom is -0.363 e. The molecular weight excluding hydrogens is 235 g/mol. The highest BCUT2D eigenvalue weighted by atomic mass is 19.4. The van der Waals surface area contributed by atoms with Gasteiger partial charge in [-0.1, -0.05) is 6.07 Å². The van der Waals surface area contributed by atoms with Gasteiger partial charge in [0.2, 0.25) is 5.91 Å². The molecule has 1 amide bonds. The van der Waals surface area contributed by atoms with Crippen molar-refractivity contribution in [3.63, 3.8) is 0 Å². The van der Waals surface area contributed by atoms with E-state index in [0.717, 1.165) is 0 Å². The topological polar surface area (TPSA) is 45.2 Å². The van der Waals surface area contributed by atoms with Gasteiger partial charge in [-0.15, -0.1) is 0 Å².